The van der Waals surface area contributed by atoms with Crippen molar-refractivity contribution in [3.63, 3.8) is 0 Å². The minimum absolute atomic E-state index is 0. The number of carbonyl (C=O) groups is 1. The average molecular weight is 316 g/mol. The van der Waals surface area contributed by atoms with Gasteiger partial charge in [-0.25, -0.2) is 0 Å². The van der Waals surface area contributed by atoms with Crippen molar-refractivity contribution in [3.05, 3.63) is 0 Å². The maximum Gasteiger partial charge on any atom is 0.253 e. The number of halogens is 2. The molecule has 0 radical (unpaired) electrons. The molecule has 1 fully saturated rings. The Kier molecular flexibility index (Phi) is 11.9. The van der Waals surface area contributed by atoms with Crippen LogP contribution in [0.25, 0.3) is 0 Å². The van der Waals surface area contributed by atoms with E-state index in [0.717, 1.165) is 32.7 Å². The van der Waals surface area contributed by atoms with E-state index in [-0.39, 0.29) is 37.3 Å². The SMILES string of the molecule is COC(CN)C(=O)N1CCN(CC(C)C)CC1.Cl.Cl. The largest absolute Gasteiger partial charge is 0.370 e. The number of hydrogen-bond acceptors (Lipinski definition) is 4. The van der Waals surface area contributed by atoms with Gasteiger partial charge in [-0.15, -0.1) is 24.8 Å². The maximum absolute atomic E-state index is 12.0. The Balaban J connectivity index is 0. The summed E-state index contributed by atoms with van der Waals surface area (Å²) >= 11 is 0. The van der Waals surface area contributed by atoms with Gasteiger partial charge in [0.05, 0.1) is 0 Å². The van der Waals surface area contributed by atoms with Gasteiger partial charge in [0.15, 0.2) is 0 Å². The molecule has 19 heavy (non-hydrogen) atoms. The molecule has 0 aromatic rings. The molecule has 0 bridgehead atoms. The van der Waals surface area contributed by atoms with Crippen LogP contribution in [-0.4, -0.2) is 68.2 Å². The molecular weight excluding hydrogens is 289 g/mol. The van der Waals surface area contributed by atoms with E-state index >= 15 is 0 Å². The van der Waals surface area contributed by atoms with Crippen molar-refractivity contribution in [2.75, 3.05) is 46.4 Å². The highest BCUT2D eigenvalue weighted by atomic mass is 35.5. The lowest BCUT2D eigenvalue weighted by atomic mass is 10.2. The number of hydrogen-bond donors (Lipinski definition) is 1. The number of rotatable bonds is 5. The molecule has 0 saturated carbocycles. The zero-order chi connectivity index (χ0) is 12.8. The van der Waals surface area contributed by atoms with Gasteiger partial charge in [-0.05, 0) is 5.92 Å². The molecule has 1 unspecified atom stereocenters. The average Bonchev–Trinajstić information content (AvgIpc) is 2.30. The molecule has 1 atom stereocenters. The van der Waals surface area contributed by atoms with E-state index in [1.165, 1.54) is 7.11 Å². The Bertz CT molecular complexity index is 243. The van der Waals surface area contributed by atoms with E-state index in [9.17, 15) is 4.79 Å². The monoisotopic (exact) mass is 315 g/mol. The van der Waals surface area contributed by atoms with Gasteiger partial charge in [0.25, 0.3) is 5.91 Å². The van der Waals surface area contributed by atoms with Crippen molar-refractivity contribution in [1.82, 2.24) is 9.80 Å². The molecule has 1 amide bonds. The number of methoxy groups -OCH3 is 1. The molecule has 2 N–H and O–H groups in total. The molecule has 1 aliphatic heterocycles. The third-order valence-corrected chi connectivity index (χ3v) is 3.08. The van der Waals surface area contributed by atoms with Crippen LogP contribution in [0.5, 0.6) is 0 Å². The van der Waals surface area contributed by atoms with Gasteiger partial charge in [-0.3, -0.25) is 9.69 Å². The number of ether oxygens (including phenoxy) is 1. The van der Waals surface area contributed by atoms with Gasteiger partial charge in [0.1, 0.15) is 6.10 Å². The Morgan fingerprint density at radius 2 is 1.74 bits per heavy atom. The topological polar surface area (TPSA) is 58.8 Å². The van der Waals surface area contributed by atoms with E-state index in [1.807, 2.05) is 4.90 Å². The first-order valence-corrected chi connectivity index (χ1v) is 6.32. The van der Waals surface area contributed by atoms with Crippen LogP contribution >= 0.6 is 24.8 Å². The van der Waals surface area contributed by atoms with Crippen molar-refractivity contribution in [2.24, 2.45) is 11.7 Å². The minimum Gasteiger partial charge on any atom is -0.370 e. The van der Waals surface area contributed by atoms with E-state index < -0.39 is 6.10 Å². The lowest BCUT2D eigenvalue weighted by Crippen LogP contribution is -2.53. The summed E-state index contributed by atoms with van der Waals surface area (Å²) in [5.74, 6) is 0.701. The number of piperazine rings is 1. The highest BCUT2D eigenvalue weighted by Gasteiger charge is 2.26. The van der Waals surface area contributed by atoms with Crippen LogP contribution in [0.3, 0.4) is 0 Å². The minimum atomic E-state index is -0.480. The molecule has 7 heteroatoms. The Morgan fingerprint density at radius 3 is 2.11 bits per heavy atom. The second kappa shape index (κ2) is 10.7. The second-order valence-corrected chi connectivity index (χ2v) is 4.98. The van der Waals surface area contributed by atoms with Gasteiger partial charge >= 0.3 is 0 Å². The van der Waals surface area contributed by atoms with E-state index in [1.54, 1.807) is 0 Å². The third-order valence-electron chi connectivity index (χ3n) is 3.08. The van der Waals surface area contributed by atoms with Crippen molar-refractivity contribution >= 4 is 30.7 Å². The predicted molar refractivity (Wildman–Crippen MR) is 82.2 cm³/mol. The van der Waals surface area contributed by atoms with Crippen LogP contribution in [0, 0.1) is 5.92 Å². The Hall–Kier alpha value is -0.0700. The molecule has 116 valence electrons. The molecule has 0 aromatic heterocycles. The molecule has 1 aliphatic rings. The Morgan fingerprint density at radius 1 is 1.21 bits per heavy atom. The summed E-state index contributed by atoms with van der Waals surface area (Å²) in [6.07, 6.45) is -0.480. The van der Waals surface area contributed by atoms with Gasteiger partial charge in [0, 0.05) is 46.4 Å². The van der Waals surface area contributed by atoms with E-state index in [0.29, 0.717) is 5.92 Å². The van der Waals surface area contributed by atoms with Crippen LogP contribution in [0.1, 0.15) is 13.8 Å². The van der Waals surface area contributed by atoms with Crippen LogP contribution in [0.2, 0.25) is 0 Å². The second-order valence-electron chi connectivity index (χ2n) is 4.98. The van der Waals surface area contributed by atoms with Crippen LogP contribution in [0.15, 0.2) is 0 Å². The number of nitrogens with two attached hydrogens (primary N) is 1. The molecule has 0 aliphatic carbocycles. The van der Waals surface area contributed by atoms with Crippen molar-refractivity contribution in [1.29, 1.82) is 0 Å². The summed E-state index contributed by atoms with van der Waals surface area (Å²) in [7, 11) is 1.53. The number of amides is 1. The van der Waals surface area contributed by atoms with Gasteiger partial charge in [0.2, 0.25) is 0 Å². The van der Waals surface area contributed by atoms with Crippen LogP contribution < -0.4 is 5.73 Å². The summed E-state index contributed by atoms with van der Waals surface area (Å²) in [6.45, 7) is 9.25. The van der Waals surface area contributed by atoms with Crippen molar-refractivity contribution < 1.29 is 9.53 Å². The predicted octanol–water partition coefficient (Wildman–Crippen LogP) is 0.604. The van der Waals surface area contributed by atoms with E-state index in [2.05, 4.69) is 18.7 Å². The van der Waals surface area contributed by atoms with Gasteiger partial charge in [-0.1, -0.05) is 13.8 Å². The standard InChI is InChI=1S/C12H25N3O2.2ClH/c1-10(2)9-14-4-6-15(7-5-14)12(16)11(8-13)17-3;;/h10-11H,4-9,13H2,1-3H3;2*1H. The summed E-state index contributed by atoms with van der Waals surface area (Å²) in [5.41, 5.74) is 5.50. The molecule has 0 aromatic carbocycles. The van der Waals surface area contributed by atoms with Crippen LogP contribution in [-0.2, 0) is 9.53 Å². The van der Waals surface area contributed by atoms with Gasteiger partial charge < -0.3 is 15.4 Å². The van der Waals surface area contributed by atoms with Crippen molar-refractivity contribution in [3.8, 4) is 0 Å². The summed E-state index contributed by atoms with van der Waals surface area (Å²) in [5, 5.41) is 0. The molecule has 5 nitrogen and oxygen atoms in total. The molecular formula is C12H27Cl2N3O2. The first-order valence-electron chi connectivity index (χ1n) is 6.32. The molecule has 1 rings (SSSR count). The fourth-order valence-corrected chi connectivity index (χ4v) is 2.17. The first kappa shape index (κ1) is 21.2. The molecule has 1 saturated heterocycles. The fourth-order valence-electron chi connectivity index (χ4n) is 2.17. The Labute approximate surface area is 128 Å². The smallest absolute Gasteiger partial charge is 0.253 e. The lowest BCUT2D eigenvalue weighted by molar-refractivity contribution is -0.143. The summed E-state index contributed by atoms with van der Waals surface area (Å²) < 4.78 is 5.08. The molecule has 0 spiro atoms. The fraction of sp³-hybridized carbons (Fsp3) is 0.917. The van der Waals surface area contributed by atoms with E-state index in [4.69, 9.17) is 10.5 Å². The summed E-state index contributed by atoms with van der Waals surface area (Å²) in [4.78, 5) is 16.3. The quantitative estimate of drug-likeness (QED) is 0.807. The zero-order valence-corrected chi connectivity index (χ0v) is 13.6. The zero-order valence-electron chi connectivity index (χ0n) is 12.0. The van der Waals surface area contributed by atoms with Crippen LogP contribution in [0.4, 0.5) is 0 Å². The maximum atomic E-state index is 12.0. The highest BCUT2D eigenvalue weighted by molar-refractivity contribution is 5.85. The lowest BCUT2D eigenvalue weighted by Gasteiger charge is -2.36. The van der Waals surface area contributed by atoms with Gasteiger partial charge in [-0.2, -0.15) is 0 Å². The number of nitrogens with zero attached hydrogens (tertiary/aromatic N) is 2. The first-order chi connectivity index (χ1) is 8.08. The highest BCUT2D eigenvalue weighted by Crippen LogP contribution is 2.07. The summed E-state index contributed by atoms with van der Waals surface area (Å²) in [6, 6.07) is 0. The molecule has 1 heterocycles. The number of carbonyl (C=O) groups excluding carboxylic acids is 1. The third kappa shape index (κ3) is 6.77. The normalized spacial score (nSPS) is 17.6. The van der Waals surface area contributed by atoms with Crippen molar-refractivity contribution in [2.45, 2.75) is 20.0 Å².